The Balaban J connectivity index is 1.68. The van der Waals surface area contributed by atoms with Gasteiger partial charge in [0.1, 0.15) is 5.82 Å². The Labute approximate surface area is 166 Å². The van der Waals surface area contributed by atoms with Gasteiger partial charge in [0.15, 0.2) is 6.10 Å². The Hall–Kier alpha value is -2.37. The van der Waals surface area contributed by atoms with Crippen LogP contribution in [0.15, 0.2) is 60.3 Å². The lowest BCUT2D eigenvalue weighted by atomic mass is 10.0. The summed E-state index contributed by atoms with van der Waals surface area (Å²) in [7, 11) is 0. The second-order valence-corrected chi connectivity index (χ2v) is 6.92. The van der Waals surface area contributed by atoms with Gasteiger partial charge in [0.25, 0.3) is 5.91 Å². The first-order valence-corrected chi connectivity index (χ1v) is 9.07. The Morgan fingerprint density at radius 2 is 2.11 bits per heavy atom. The zero-order chi connectivity index (χ0) is 19.4. The highest BCUT2D eigenvalue weighted by Gasteiger charge is 2.27. The Bertz CT molecular complexity index is 901. The molecule has 1 aliphatic heterocycles. The fourth-order valence-electron chi connectivity index (χ4n) is 2.82. The molecule has 0 aliphatic carbocycles. The molecule has 1 aliphatic rings. The molecule has 1 amide bonds. The SMILES string of the molecule is C=CCN(CC1CC(c2ccc(Cl)c(Cl)c2)=NO1)C(=O)c1cccc(F)c1. The molecule has 2 aromatic carbocycles. The van der Waals surface area contributed by atoms with Gasteiger partial charge in [-0.15, -0.1) is 6.58 Å². The van der Waals surface area contributed by atoms with Gasteiger partial charge >= 0.3 is 0 Å². The third-order valence-corrected chi connectivity index (χ3v) is 4.86. The van der Waals surface area contributed by atoms with Gasteiger partial charge in [-0.05, 0) is 30.3 Å². The highest BCUT2D eigenvalue weighted by Crippen LogP contribution is 2.26. The number of amides is 1. The topological polar surface area (TPSA) is 41.9 Å². The molecule has 3 rings (SSSR count). The van der Waals surface area contributed by atoms with Crippen LogP contribution in [0.2, 0.25) is 10.0 Å². The van der Waals surface area contributed by atoms with Crippen LogP contribution >= 0.6 is 23.2 Å². The maximum atomic E-state index is 13.4. The summed E-state index contributed by atoms with van der Waals surface area (Å²) in [6.45, 7) is 4.30. The van der Waals surface area contributed by atoms with Crippen LogP contribution in [0.5, 0.6) is 0 Å². The van der Waals surface area contributed by atoms with E-state index in [4.69, 9.17) is 28.0 Å². The molecule has 0 fully saturated rings. The van der Waals surface area contributed by atoms with Gasteiger partial charge in [-0.25, -0.2) is 4.39 Å². The lowest BCUT2D eigenvalue weighted by Gasteiger charge is -2.23. The number of hydrogen-bond donors (Lipinski definition) is 0. The van der Waals surface area contributed by atoms with Gasteiger partial charge in [0, 0.05) is 24.1 Å². The molecular formula is C20H17Cl2FN2O2. The average molecular weight is 407 g/mol. The van der Waals surface area contributed by atoms with Gasteiger partial charge in [0.05, 0.1) is 22.3 Å². The number of carbonyl (C=O) groups is 1. The van der Waals surface area contributed by atoms with Gasteiger partial charge in [0.2, 0.25) is 0 Å². The summed E-state index contributed by atoms with van der Waals surface area (Å²) < 4.78 is 13.4. The fourth-order valence-corrected chi connectivity index (χ4v) is 3.12. The van der Waals surface area contributed by atoms with E-state index >= 15 is 0 Å². The molecule has 140 valence electrons. The van der Waals surface area contributed by atoms with E-state index in [9.17, 15) is 9.18 Å². The van der Waals surface area contributed by atoms with Crippen molar-refractivity contribution in [2.45, 2.75) is 12.5 Å². The van der Waals surface area contributed by atoms with E-state index in [-0.39, 0.29) is 17.6 Å². The van der Waals surface area contributed by atoms with Crippen LogP contribution < -0.4 is 0 Å². The summed E-state index contributed by atoms with van der Waals surface area (Å²) in [5.41, 5.74) is 1.83. The predicted molar refractivity (Wildman–Crippen MR) is 105 cm³/mol. The highest BCUT2D eigenvalue weighted by molar-refractivity contribution is 6.42. The van der Waals surface area contributed by atoms with Crippen molar-refractivity contribution in [1.29, 1.82) is 0 Å². The van der Waals surface area contributed by atoms with Crippen molar-refractivity contribution in [2.75, 3.05) is 13.1 Å². The van der Waals surface area contributed by atoms with E-state index < -0.39 is 5.82 Å². The van der Waals surface area contributed by atoms with Gasteiger partial charge in [-0.2, -0.15) is 0 Å². The Morgan fingerprint density at radius 3 is 2.81 bits per heavy atom. The monoisotopic (exact) mass is 406 g/mol. The van der Waals surface area contributed by atoms with Crippen molar-refractivity contribution in [3.05, 3.63) is 82.1 Å². The summed E-state index contributed by atoms with van der Waals surface area (Å²) in [5, 5.41) is 5.02. The van der Waals surface area contributed by atoms with Crippen LogP contribution in [-0.2, 0) is 4.84 Å². The predicted octanol–water partition coefficient (Wildman–Crippen LogP) is 4.95. The lowest BCUT2D eigenvalue weighted by Crippen LogP contribution is -2.37. The minimum Gasteiger partial charge on any atom is -0.390 e. The Morgan fingerprint density at radius 1 is 1.30 bits per heavy atom. The van der Waals surface area contributed by atoms with Crippen molar-refractivity contribution in [3.63, 3.8) is 0 Å². The van der Waals surface area contributed by atoms with Crippen molar-refractivity contribution < 1.29 is 14.0 Å². The minimum absolute atomic E-state index is 0.278. The largest absolute Gasteiger partial charge is 0.390 e. The summed E-state index contributed by atoms with van der Waals surface area (Å²) in [5.74, 6) is -0.747. The normalized spacial score (nSPS) is 15.8. The summed E-state index contributed by atoms with van der Waals surface area (Å²) in [6.07, 6.45) is 1.82. The van der Waals surface area contributed by atoms with Crippen molar-refractivity contribution in [2.24, 2.45) is 5.16 Å². The Kier molecular flexibility index (Phi) is 6.14. The molecule has 0 spiro atoms. The summed E-state index contributed by atoms with van der Waals surface area (Å²) in [6, 6.07) is 10.8. The maximum absolute atomic E-state index is 13.4. The zero-order valence-electron chi connectivity index (χ0n) is 14.4. The fraction of sp³-hybridized carbons (Fsp3) is 0.200. The van der Waals surface area contributed by atoms with Crippen LogP contribution in [0.1, 0.15) is 22.3 Å². The first kappa shape index (κ1) is 19.4. The number of nitrogens with zero attached hydrogens (tertiary/aromatic N) is 2. The third-order valence-electron chi connectivity index (χ3n) is 4.12. The maximum Gasteiger partial charge on any atom is 0.254 e. The molecule has 0 saturated carbocycles. The van der Waals surface area contributed by atoms with Crippen molar-refractivity contribution in [3.8, 4) is 0 Å². The molecule has 0 saturated heterocycles. The molecule has 1 atom stereocenters. The number of benzene rings is 2. The summed E-state index contributed by atoms with van der Waals surface area (Å²) >= 11 is 12.0. The molecule has 0 aromatic heterocycles. The number of halogens is 3. The van der Waals surface area contributed by atoms with Gasteiger partial charge in [-0.1, -0.05) is 46.6 Å². The molecule has 27 heavy (non-hydrogen) atoms. The van der Waals surface area contributed by atoms with Crippen molar-refractivity contribution in [1.82, 2.24) is 4.90 Å². The van der Waals surface area contributed by atoms with Gasteiger partial charge < -0.3 is 9.74 Å². The van der Waals surface area contributed by atoms with Crippen LogP contribution in [0.4, 0.5) is 4.39 Å². The van der Waals surface area contributed by atoms with E-state index in [1.807, 2.05) is 6.07 Å². The zero-order valence-corrected chi connectivity index (χ0v) is 15.9. The third kappa shape index (κ3) is 4.67. The van der Waals surface area contributed by atoms with Gasteiger partial charge in [-0.3, -0.25) is 4.79 Å². The standard InChI is InChI=1S/C20H17Cl2FN2O2/c1-2-8-25(20(26)14-4-3-5-15(23)9-14)12-16-11-19(24-27-16)13-6-7-17(21)18(22)10-13/h2-7,9-10,16H,1,8,11-12H2. The quantitative estimate of drug-likeness (QED) is 0.636. The second kappa shape index (κ2) is 8.55. The van der Waals surface area contributed by atoms with Crippen LogP contribution in [-0.4, -0.2) is 35.7 Å². The molecule has 1 heterocycles. The number of rotatable bonds is 6. The molecule has 0 N–H and O–H groups in total. The van der Waals surface area contributed by atoms with Crippen LogP contribution in [0.25, 0.3) is 0 Å². The first-order chi connectivity index (χ1) is 13.0. The number of hydrogen-bond acceptors (Lipinski definition) is 3. The molecular weight excluding hydrogens is 390 g/mol. The van der Waals surface area contributed by atoms with E-state index in [0.29, 0.717) is 29.6 Å². The van der Waals surface area contributed by atoms with E-state index in [2.05, 4.69) is 11.7 Å². The molecule has 0 radical (unpaired) electrons. The second-order valence-electron chi connectivity index (χ2n) is 6.11. The molecule has 2 aromatic rings. The minimum atomic E-state index is -0.457. The van der Waals surface area contributed by atoms with Crippen molar-refractivity contribution >= 4 is 34.8 Å². The molecule has 4 nitrogen and oxygen atoms in total. The van der Waals surface area contributed by atoms with E-state index in [0.717, 1.165) is 11.3 Å². The first-order valence-electron chi connectivity index (χ1n) is 8.31. The summed E-state index contributed by atoms with van der Waals surface area (Å²) in [4.78, 5) is 19.7. The molecule has 7 heteroatoms. The number of carbonyl (C=O) groups excluding carboxylic acids is 1. The van der Waals surface area contributed by atoms with E-state index in [1.165, 1.54) is 18.2 Å². The van der Waals surface area contributed by atoms with Crippen LogP contribution in [0.3, 0.4) is 0 Å². The smallest absolute Gasteiger partial charge is 0.254 e. The van der Waals surface area contributed by atoms with E-state index in [1.54, 1.807) is 29.2 Å². The average Bonchev–Trinajstić information content (AvgIpc) is 3.11. The number of oxime groups is 1. The molecule has 1 unspecified atom stereocenters. The highest BCUT2D eigenvalue weighted by atomic mass is 35.5. The molecule has 0 bridgehead atoms. The van der Waals surface area contributed by atoms with Crippen LogP contribution in [0, 0.1) is 5.82 Å². The lowest BCUT2D eigenvalue weighted by molar-refractivity contribution is 0.0449.